The average molecular weight is 351 g/mol. The fourth-order valence-electron chi connectivity index (χ4n) is 2.52. The van der Waals surface area contributed by atoms with Crippen LogP contribution in [0.15, 0.2) is 54.2 Å². The predicted octanol–water partition coefficient (Wildman–Crippen LogP) is 4.49. The van der Waals surface area contributed by atoms with Crippen molar-refractivity contribution in [2.24, 2.45) is 0 Å². The molecule has 0 saturated carbocycles. The van der Waals surface area contributed by atoms with Crippen LogP contribution >= 0.6 is 11.3 Å². The van der Waals surface area contributed by atoms with Gasteiger partial charge in [0.25, 0.3) is 5.91 Å². The number of hydrogen-bond acceptors (Lipinski definition) is 4. The Labute approximate surface area is 152 Å². The molecule has 1 aromatic carbocycles. The Morgan fingerprint density at radius 2 is 1.68 bits per heavy atom. The zero-order chi connectivity index (χ0) is 17.8. The molecule has 2 heterocycles. The summed E-state index contributed by atoms with van der Waals surface area (Å²) in [6.07, 6.45) is 3.48. The number of carbonyl (C=O) groups excluding carboxylic acids is 1. The first-order valence-corrected chi connectivity index (χ1v) is 9.15. The molecule has 128 valence electrons. The van der Waals surface area contributed by atoms with Crippen LogP contribution in [-0.4, -0.2) is 15.9 Å². The summed E-state index contributed by atoms with van der Waals surface area (Å²) in [5, 5.41) is 5.57. The second-order valence-electron chi connectivity index (χ2n) is 6.33. The van der Waals surface area contributed by atoms with E-state index >= 15 is 0 Å². The van der Waals surface area contributed by atoms with Crippen molar-refractivity contribution in [1.29, 1.82) is 0 Å². The summed E-state index contributed by atoms with van der Waals surface area (Å²) in [4.78, 5) is 21.3. The lowest BCUT2D eigenvalue weighted by atomic mass is 9.98. The van der Waals surface area contributed by atoms with Gasteiger partial charge in [-0.2, -0.15) is 0 Å². The molecule has 3 rings (SSSR count). The first kappa shape index (κ1) is 17.3. The number of aromatic nitrogens is 2. The lowest BCUT2D eigenvalue weighted by Crippen LogP contribution is -2.29. The highest BCUT2D eigenvalue weighted by Crippen LogP contribution is 2.24. The topological polar surface area (TPSA) is 54.9 Å². The van der Waals surface area contributed by atoms with Gasteiger partial charge in [0.1, 0.15) is 0 Å². The quantitative estimate of drug-likeness (QED) is 0.737. The Bertz CT molecular complexity index is 841. The number of nitrogens with zero attached hydrogens (tertiary/aromatic N) is 2. The van der Waals surface area contributed by atoms with Crippen molar-refractivity contribution in [1.82, 2.24) is 15.3 Å². The zero-order valence-corrected chi connectivity index (χ0v) is 15.4. The molecule has 3 aromatic rings. The van der Waals surface area contributed by atoms with Gasteiger partial charge in [0.05, 0.1) is 11.7 Å². The summed E-state index contributed by atoms with van der Waals surface area (Å²) < 4.78 is 0. The van der Waals surface area contributed by atoms with E-state index in [2.05, 4.69) is 41.3 Å². The van der Waals surface area contributed by atoms with Crippen LogP contribution in [-0.2, 0) is 0 Å². The molecule has 0 aliphatic rings. The number of carbonyl (C=O) groups is 1. The van der Waals surface area contributed by atoms with Crippen LogP contribution in [0.2, 0.25) is 0 Å². The molecule has 1 amide bonds. The molecule has 0 saturated heterocycles. The third-order valence-corrected chi connectivity index (χ3v) is 4.89. The average Bonchev–Trinajstić information content (AvgIpc) is 3.12. The van der Waals surface area contributed by atoms with Gasteiger partial charge in [-0.05, 0) is 36.1 Å². The molecule has 1 N–H and O–H groups in total. The van der Waals surface area contributed by atoms with Gasteiger partial charge in [-0.3, -0.25) is 9.78 Å². The number of thiazole rings is 1. The standard InChI is InChI=1S/C20H21N3OS/c1-13(2)17-12-25-20(22-17)19(24)23-18(16-8-10-21-11-9-16)15-6-4-14(3)5-7-15/h4-13,18H,1-3H3,(H,23,24)/t18-/m1/s1. The number of nitrogens with one attached hydrogen (secondary N) is 1. The molecular formula is C20H21N3OS. The summed E-state index contributed by atoms with van der Waals surface area (Å²) in [6.45, 7) is 6.19. The SMILES string of the molecule is Cc1ccc([C@@H](NC(=O)c2nc(C(C)C)cs2)c2ccncc2)cc1. The van der Waals surface area contributed by atoms with E-state index < -0.39 is 0 Å². The van der Waals surface area contributed by atoms with Crippen LogP contribution < -0.4 is 5.32 Å². The molecule has 0 spiro atoms. The highest BCUT2D eigenvalue weighted by Gasteiger charge is 2.20. The smallest absolute Gasteiger partial charge is 0.281 e. The van der Waals surface area contributed by atoms with Crippen LogP contribution in [0.1, 0.15) is 58.0 Å². The number of hydrogen-bond donors (Lipinski definition) is 1. The second-order valence-corrected chi connectivity index (χ2v) is 7.19. The number of benzene rings is 1. The van der Waals surface area contributed by atoms with Gasteiger partial charge < -0.3 is 5.32 Å². The lowest BCUT2D eigenvalue weighted by Gasteiger charge is -2.19. The molecule has 0 aliphatic heterocycles. The summed E-state index contributed by atoms with van der Waals surface area (Å²) >= 11 is 1.39. The number of rotatable bonds is 5. The lowest BCUT2D eigenvalue weighted by molar-refractivity contribution is 0.0942. The Balaban J connectivity index is 1.89. The van der Waals surface area contributed by atoms with Crippen LogP contribution in [0, 0.1) is 6.92 Å². The van der Waals surface area contributed by atoms with E-state index in [0.717, 1.165) is 16.8 Å². The van der Waals surface area contributed by atoms with E-state index in [0.29, 0.717) is 10.9 Å². The Morgan fingerprint density at radius 3 is 2.28 bits per heavy atom. The molecule has 0 fully saturated rings. The minimum absolute atomic E-state index is 0.153. The third kappa shape index (κ3) is 4.12. The highest BCUT2D eigenvalue weighted by atomic mass is 32.1. The molecule has 1 atom stereocenters. The zero-order valence-electron chi connectivity index (χ0n) is 14.6. The summed E-state index contributed by atoms with van der Waals surface area (Å²) in [5.74, 6) is 0.158. The molecule has 0 radical (unpaired) electrons. The Hall–Kier alpha value is -2.53. The van der Waals surface area contributed by atoms with Crippen molar-refractivity contribution in [3.05, 3.63) is 81.6 Å². The minimum Gasteiger partial charge on any atom is -0.339 e. The van der Waals surface area contributed by atoms with E-state index in [1.165, 1.54) is 16.9 Å². The first-order valence-electron chi connectivity index (χ1n) is 8.27. The molecule has 0 aliphatic carbocycles. The minimum atomic E-state index is -0.234. The molecule has 5 heteroatoms. The monoisotopic (exact) mass is 351 g/mol. The van der Waals surface area contributed by atoms with Gasteiger partial charge in [-0.1, -0.05) is 43.7 Å². The largest absolute Gasteiger partial charge is 0.339 e. The highest BCUT2D eigenvalue weighted by molar-refractivity contribution is 7.11. The van der Waals surface area contributed by atoms with Crippen LogP contribution in [0.5, 0.6) is 0 Å². The number of aryl methyl sites for hydroxylation is 1. The van der Waals surface area contributed by atoms with E-state index in [1.54, 1.807) is 12.4 Å². The third-order valence-electron chi connectivity index (χ3n) is 4.03. The fourth-order valence-corrected chi connectivity index (χ4v) is 3.40. The van der Waals surface area contributed by atoms with Crippen LogP contribution in [0.4, 0.5) is 0 Å². The van der Waals surface area contributed by atoms with Crippen molar-refractivity contribution in [3.63, 3.8) is 0 Å². The van der Waals surface area contributed by atoms with Crippen LogP contribution in [0.3, 0.4) is 0 Å². The molecular weight excluding hydrogens is 330 g/mol. The van der Waals surface area contributed by atoms with Crippen molar-refractivity contribution in [2.75, 3.05) is 0 Å². The fraction of sp³-hybridized carbons (Fsp3) is 0.250. The van der Waals surface area contributed by atoms with E-state index in [1.807, 2.05) is 36.6 Å². The molecule has 0 bridgehead atoms. The summed E-state index contributed by atoms with van der Waals surface area (Å²) in [7, 11) is 0. The molecule has 0 unspecified atom stereocenters. The van der Waals surface area contributed by atoms with E-state index in [4.69, 9.17) is 0 Å². The van der Waals surface area contributed by atoms with Crippen molar-refractivity contribution in [2.45, 2.75) is 32.7 Å². The van der Waals surface area contributed by atoms with Crippen molar-refractivity contribution in [3.8, 4) is 0 Å². The van der Waals surface area contributed by atoms with Gasteiger partial charge >= 0.3 is 0 Å². The van der Waals surface area contributed by atoms with Gasteiger partial charge in [0.2, 0.25) is 0 Å². The van der Waals surface area contributed by atoms with Gasteiger partial charge in [-0.25, -0.2) is 4.98 Å². The van der Waals surface area contributed by atoms with Crippen LogP contribution in [0.25, 0.3) is 0 Å². The predicted molar refractivity (Wildman–Crippen MR) is 101 cm³/mol. The maximum absolute atomic E-state index is 12.7. The summed E-state index contributed by atoms with van der Waals surface area (Å²) in [6, 6.07) is 11.8. The van der Waals surface area contributed by atoms with Crippen molar-refractivity contribution >= 4 is 17.2 Å². The first-order chi connectivity index (χ1) is 12.0. The normalized spacial score (nSPS) is 12.2. The van der Waals surface area contributed by atoms with Gasteiger partial charge in [0, 0.05) is 17.8 Å². The van der Waals surface area contributed by atoms with E-state index in [9.17, 15) is 4.79 Å². The second kappa shape index (κ2) is 7.57. The number of amides is 1. The van der Waals surface area contributed by atoms with Crippen molar-refractivity contribution < 1.29 is 4.79 Å². The molecule has 4 nitrogen and oxygen atoms in total. The number of pyridine rings is 1. The van der Waals surface area contributed by atoms with Gasteiger partial charge in [-0.15, -0.1) is 11.3 Å². The summed E-state index contributed by atoms with van der Waals surface area (Å²) in [5.41, 5.74) is 4.16. The van der Waals surface area contributed by atoms with Gasteiger partial charge in [0.15, 0.2) is 5.01 Å². The molecule has 2 aromatic heterocycles. The molecule has 25 heavy (non-hydrogen) atoms. The maximum atomic E-state index is 12.7. The van der Waals surface area contributed by atoms with E-state index in [-0.39, 0.29) is 11.9 Å². The Kier molecular flexibility index (Phi) is 5.24. The maximum Gasteiger partial charge on any atom is 0.281 e. The Morgan fingerprint density at radius 1 is 1.04 bits per heavy atom.